The fraction of sp³-hybridized carbons (Fsp3) is 0.308. The molecule has 0 fully saturated rings. The quantitative estimate of drug-likeness (QED) is 0.805. The van der Waals surface area contributed by atoms with E-state index in [1.807, 2.05) is 0 Å². The summed E-state index contributed by atoms with van der Waals surface area (Å²) in [5.41, 5.74) is -0.276. The number of hydrogen-bond donors (Lipinski definition) is 1. The molecule has 1 N–H and O–H groups in total. The molecule has 0 spiro atoms. The van der Waals surface area contributed by atoms with Crippen LogP contribution in [0.5, 0.6) is 11.5 Å². The van der Waals surface area contributed by atoms with Crippen LogP contribution in [0.15, 0.2) is 29.7 Å². The van der Waals surface area contributed by atoms with Gasteiger partial charge in [0.15, 0.2) is 21.3 Å². The van der Waals surface area contributed by atoms with Gasteiger partial charge in [-0.15, -0.1) is 6.58 Å². The normalized spacial score (nSPS) is 12.6. The molecule has 7 heteroatoms. The van der Waals surface area contributed by atoms with Gasteiger partial charge in [0.1, 0.15) is 5.56 Å². The number of ether oxygens (including phenoxy) is 2. The van der Waals surface area contributed by atoms with Gasteiger partial charge in [0, 0.05) is 6.07 Å². The number of carbonyl (C=O) groups is 1. The van der Waals surface area contributed by atoms with E-state index in [9.17, 15) is 13.2 Å². The average Bonchev–Trinajstić information content (AvgIpc) is 2.44. The minimum absolute atomic E-state index is 0.0230. The Hall–Kier alpha value is -2.02. The zero-order valence-electron chi connectivity index (χ0n) is 11.4. The number of sulfone groups is 1. The van der Waals surface area contributed by atoms with Crippen molar-refractivity contribution in [3.63, 3.8) is 0 Å². The molecule has 1 aromatic rings. The Morgan fingerprint density at radius 1 is 1.35 bits per heavy atom. The van der Waals surface area contributed by atoms with Crippen LogP contribution < -0.4 is 9.47 Å². The van der Waals surface area contributed by atoms with E-state index in [1.54, 1.807) is 0 Å². The summed E-state index contributed by atoms with van der Waals surface area (Å²) in [6, 6.07) is 2.29. The van der Waals surface area contributed by atoms with Crippen molar-refractivity contribution < 1.29 is 27.8 Å². The molecule has 1 rings (SSSR count). The van der Waals surface area contributed by atoms with Crippen molar-refractivity contribution >= 4 is 15.8 Å². The molecule has 1 atom stereocenters. The molecule has 0 saturated carbocycles. The van der Waals surface area contributed by atoms with Crippen molar-refractivity contribution in [1.29, 1.82) is 0 Å². The first-order chi connectivity index (χ1) is 9.29. The highest BCUT2D eigenvalue weighted by atomic mass is 32.2. The van der Waals surface area contributed by atoms with E-state index in [4.69, 9.17) is 14.6 Å². The zero-order chi connectivity index (χ0) is 15.5. The first kappa shape index (κ1) is 16.0. The molecule has 1 unspecified atom stereocenters. The summed E-state index contributed by atoms with van der Waals surface area (Å²) in [6.45, 7) is 4.89. The second kappa shape index (κ2) is 5.96. The van der Waals surface area contributed by atoms with Crippen molar-refractivity contribution in [2.45, 2.75) is 17.1 Å². The highest BCUT2D eigenvalue weighted by molar-refractivity contribution is 7.92. The van der Waals surface area contributed by atoms with Gasteiger partial charge in [-0.3, -0.25) is 0 Å². The molecular weight excluding hydrogens is 284 g/mol. The van der Waals surface area contributed by atoms with Crippen molar-refractivity contribution in [2.75, 3.05) is 14.2 Å². The number of hydrogen-bond acceptors (Lipinski definition) is 5. The minimum atomic E-state index is -3.72. The standard InChI is InChI=1S/C13H16O6S/c1-5-8(2)20(16,17)9-6-10(13(14)15)12(19-4)11(7-9)18-3/h5-8H,1H2,2-4H3,(H,14,15). The summed E-state index contributed by atoms with van der Waals surface area (Å²) in [4.78, 5) is 11.1. The summed E-state index contributed by atoms with van der Waals surface area (Å²) in [5.74, 6) is -1.28. The van der Waals surface area contributed by atoms with Crippen LogP contribution in [0.1, 0.15) is 17.3 Å². The molecule has 0 aliphatic carbocycles. The molecule has 110 valence electrons. The van der Waals surface area contributed by atoms with Crippen molar-refractivity contribution in [3.8, 4) is 11.5 Å². The fourth-order valence-electron chi connectivity index (χ4n) is 1.60. The van der Waals surface area contributed by atoms with E-state index < -0.39 is 21.1 Å². The van der Waals surface area contributed by atoms with Crippen LogP contribution in [0.3, 0.4) is 0 Å². The van der Waals surface area contributed by atoms with E-state index in [1.165, 1.54) is 33.3 Å². The van der Waals surface area contributed by atoms with Gasteiger partial charge in [0.2, 0.25) is 0 Å². The smallest absolute Gasteiger partial charge is 0.339 e. The van der Waals surface area contributed by atoms with Crippen molar-refractivity contribution in [2.24, 2.45) is 0 Å². The Labute approximate surface area is 117 Å². The minimum Gasteiger partial charge on any atom is -0.493 e. The molecule has 6 nitrogen and oxygen atoms in total. The zero-order valence-corrected chi connectivity index (χ0v) is 12.2. The largest absolute Gasteiger partial charge is 0.493 e. The maximum Gasteiger partial charge on any atom is 0.339 e. The van der Waals surface area contributed by atoms with Gasteiger partial charge in [-0.2, -0.15) is 0 Å². The van der Waals surface area contributed by atoms with E-state index in [0.29, 0.717) is 0 Å². The van der Waals surface area contributed by atoms with Gasteiger partial charge in [0.25, 0.3) is 0 Å². The van der Waals surface area contributed by atoms with E-state index in [2.05, 4.69) is 6.58 Å². The lowest BCUT2D eigenvalue weighted by molar-refractivity contribution is 0.0692. The van der Waals surface area contributed by atoms with E-state index in [0.717, 1.165) is 6.07 Å². The van der Waals surface area contributed by atoms with Crippen molar-refractivity contribution in [1.82, 2.24) is 0 Å². The maximum absolute atomic E-state index is 12.2. The molecule has 0 aliphatic rings. The Morgan fingerprint density at radius 3 is 2.35 bits per heavy atom. The molecule has 0 aliphatic heterocycles. The molecule has 0 amide bonds. The van der Waals surface area contributed by atoms with Gasteiger partial charge in [-0.25, -0.2) is 13.2 Å². The lowest BCUT2D eigenvalue weighted by atomic mass is 10.2. The summed E-state index contributed by atoms with van der Waals surface area (Å²) < 4.78 is 34.5. The topological polar surface area (TPSA) is 89.9 Å². The molecule has 0 aromatic heterocycles. The third-order valence-electron chi connectivity index (χ3n) is 2.83. The number of methoxy groups -OCH3 is 2. The summed E-state index contributed by atoms with van der Waals surface area (Å²) in [5, 5.41) is 8.31. The van der Waals surface area contributed by atoms with Gasteiger partial charge >= 0.3 is 5.97 Å². The predicted molar refractivity (Wildman–Crippen MR) is 73.4 cm³/mol. The Morgan fingerprint density at radius 2 is 1.95 bits per heavy atom. The molecule has 0 radical (unpaired) electrons. The van der Waals surface area contributed by atoms with Crippen LogP contribution in [0.4, 0.5) is 0 Å². The van der Waals surface area contributed by atoms with Crippen LogP contribution in [-0.4, -0.2) is 39.0 Å². The fourth-order valence-corrected chi connectivity index (χ4v) is 2.84. The Balaban J connectivity index is 3.64. The van der Waals surface area contributed by atoms with Gasteiger partial charge in [0.05, 0.1) is 24.4 Å². The first-order valence-corrected chi connectivity index (χ1v) is 7.20. The Bertz CT molecular complexity index is 633. The summed E-state index contributed by atoms with van der Waals surface area (Å²) in [6.07, 6.45) is 1.27. The number of carboxylic acids is 1. The van der Waals surface area contributed by atoms with Crippen LogP contribution in [-0.2, 0) is 9.84 Å². The highest BCUT2D eigenvalue weighted by Gasteiger charge is 2.26. The van der Waals surface area contributed by atoms with Crippen molar-refractivity contribution in [3.05, 3.63) is 30.4 Å². The first-order valence-electron chi connectivity index (χ1n) is 5.65. The SMILES string of the molecule is C=CC(C)S(=O)(=O)c1cc(OC)c(OC)c(C(=O)O)c1. The van der Waals surface area contributed by atoms with E-state index >= 15 is 0 Å². The lowest BCUT2D eigenvalue weighted by Gasteiger charge is -2.14. The lowest BCUT2D eigenvalue weighted by Crippen LogP contribution is -2.16. The second-order valence-corrected chi connectivity index (χ2v) is 6.30. The second-order valence-electron chi connectivity index (χ2n) is 4.00. The van der Waals surface area contributed by atoms with Gasteiger partial charge in [-0.1, -0.05) is 6.08 Å². The maximum atomic E-state index is 12.2. The number of carboxylic acid groups (broad SMARTS) is 1. The number of rotatable bonds is 6. The van der Waals surface area contributed by atoms with E-state index in [-0.39, 0.29) is 22.0 Å². The van der Waals surface area contributed by atoms with Crippen LogP contribution in [0.2, 0.25) is 0 Å². The average molecular weight is 300 g/mol. The Kier molecular flexibility index (Phi) is 4.78. The summed E-state index contributed by atoms with van der Waals surface area (Å²) in [7, 11) is -1.13. The third-order valence-corrected chi connectivity index (χ3v) is 4.90. The third kappa shape index (κ3) is 2.77. The molecule has 0 heterocycles. The predicted octanol–water partition coefficient (Wildman–Crippen LogP) is 1.75. The number of aromatic carboxylic acids is 1. The molecule has 20 heavy (non-hydrogen) atoms. The van der Waals surface area contributed by atoms with Crippen LogP contribution in [0.25, 0.3) is 0 Å². The molecular formula is C13H16O6S. The molecule has 0 saturated heterocycles. The van der Waals surface area contributed by atoms with Gasteiger partial charge < -0.3 is 14.6 Å². The molecule has 0 bridgehead atoms. The number of benzene rings is 1. The monoisotopic (exact) mass is 300 g/mol. The van der Waals surface area contributed by atoms with Crippen LogP contribution >= 0.6 is 0 Å². The van der Waals surface area contributed by atoms with Crippen LogP contribution in [0, 0.1) is 0 Å². The highest BCUT2D eigenvalue weighted by Crippen LogP contribution is 2.35. The van der Waals surface area contributed by atoms with Gasteiger partial charge in [-0.05, 0) is 13.0 Å². The molecule has 1 aromatic carbocycles. The summed E-state index contributed by atoms with van der Waals surface area (Å²) >= 11 is 0.